The van der Waals surface area contributed by atoms with E-state index in [1.165, 1.54) is 18.3 Å². The van der Waals surface area contributed by atoms with E-state index in [-0.39, 0.29) is 11.6 Å². The molecule has 7 heteroatoms. The Hall–Kier alpha value is -1.79. The van der Waals surface area contributed by atoms with Gasteiger partial charge in [0.2, 0.25) is 5.88 Å². The van der Waals surface area contributed by atoms with E-state index in [9.17, 15) is 18.0 Å². The number of aromatic nitrogens is 1. The number of hydrogen-bond acceptors (Lipinski definition) is 3. The van der Waals surface area contributed by atoms with Crippen molar-refractivity contribution in [2.75, 3.05) is 18.1 Å². The first kappa shape index (κ1) is 10.7. The van der Waals surface area contributed by atoms with Crippen LogP contribution in [0, 0.1) is 0 Å². The van der Waals surface area contributed by atoms with Crippen LogP contribution in [0.5, 0.6) is 5.88 Å². The van der Waals surface area contributed by atoms with Gasteiger partial charge in [0.25, 0.3) is 5.91 Å². The molecular formula is C9H7F3N2O2. The van der Waals surface area contributed by atoms with Gasteiger partial charge in [0.05, 0.1) is 0 Å². The molecule has 0 atom stereocenters. The van der Waals surface area contributed by atoms with Gasteiger partial charge in [-0.2, -0.15) is 13.2 Å². The maximum atomic E-state index is 12.3. The van der Waals surface area contributed by atoms with E-state index in [0.29, 0.717) is 4.90 Å². The Balaban J connectivity index is 2.33. The highest BCUT2D eigenvalue weighted by molar-refractivity contribution is 5.97. The number of halogens is 3. The molecule has 0 saturated heterocycles. The third-order valence-electron chi connectivity index (χ3n) is 2.01. The van der Waals surface area contributed by atoms with Crippen molar-refractivity contribution in [2.45, 2.75) is 6.18 Å². The summed E-state index contributed by atoms with van der Waals surface area (Å²) < 4.78 is 41.7. The van der Waals surface area contributed by atoms with Crippen LogP contribution >= 0.6 is 0 Å². The minimum absolute atomic E-state index is 0.0475. The third kappa shape index (κ3) is 2.07. The van der Waals surface area contributed by atoms with E-state index in [1.807, 2.05) is 0 Å². The third-order valence-corrected chi connectivity index (χ3v) is 2.01. The van der Waals surface area contributed by atoms with Crippen LogP contribution < -0.4 is 9.64 Å². The highest BCUT2D eigenvalue weighted by Crippen LogP contribution is 2.31. The molecule has 1 aromatic heterocycles. The van der Waals surface area contributed by atoms with Gasteiger partial charge in [0, 0.05) is 6.20 Å². The second-order valence-corrected chi connectivity index (χ2v) is 3.21. The van der Waals surface area contributed by atoms with Crippen molar-refractivity contribution in [1.29, 1.82) is 0 Å². The van der Waals surface area contributed by atoms with E-state index < -0.39 is 25.2 Å². The quantitative estimate of drug-likeness (QED) is 0.734. The fourth-order valence-corrected chi connectivity index (χ4v) is 1.39. The monoisotopic (exact) mass is 232 g/mol. The zero-order valence-corrected chi connectivity index (χ0v) is 7.99. The first-order valence-electron chi connectivity index (χ1n) is 4.42. The van der Waals surface area contributed by atoms with Crippen LogP contribution in [0.4, 0.5) is 18.9 Å². The smallest absolute Gasteiger partial charge is 0.406 e. The average Bonchev–Trinajstić information content (AvgIpc) is 2.21. The molecular weight excluding hydrogens is 225 g/mol. The molecule has 0 aromatic carbocycles. The lowest BCUT2D eigenvalue weighted by atomic mass is 10.3. The fourth-order valence-electron chi connectivity index (χ4n) is 1.39. The van der Waals surface area contributed by atoms with Gasteiger partial charge in [-0.15, -0.1) is 0 Å². The largest absolute Gasteiger partial charge is 0.466 e. The summed E-state index contributed by atoms with van der Waals surface area (Å²) in [5, 5.41) is 0. The number of carbonyl (C=O) groups is 1. The Kier molecular flexibility index (Phi) is 2.45. The zero-order chi connectivity index (χ0) is 11.8. The summed E-state index contributed by atoms with van der Waals surface area (Å²) in [7, 11) is 0. The van der Waals surface area contributed by atoms with Gasteiger partial charge in [-0.25, -0.2) is 4.98 Å². The average molecular weight is 232 g/mol. The van der Waals surface area contributed by atoms with Crippen LogP contribution in [0.25, 0.3) is 0 Å². The standard InChI is InChI=1S/C9H7F3N2O2/c10-9(11,12)5-14-6-2-1-3-13-8(6)16-4-7(14)15/h1-3H,4-5H2. The van der Waals surface area contributed by atoms with Gasteiger partial charge in [0.1, 0.15) is 12.2 Å². The molecule has 0 radical (unpaired) electrons. The summed E-state index contributed by atoms with van der Waals surface area (Å²) in [6, 6.07) is 2.81. The predicted molar refractivity (Wildman–Crippen MR) is 48.1 cm³/mol. The highest BCUT2D eigenvalue weighted by atomic mass is 19.4. The number of nitrogens with zero attached hydrogens (tertiary/aromatic N) is 2. The van der Waals surface area contributed by atoms with Crippen molar-refractivity contribution in [3.63, 3.8) is 0 Å². The number of ether oxygens (including phenoxy) is 1. The van der Waals surface area contributed by atoms with Crippen LogP contribution in [-0.4, -0.2) is 30.2 Å². The van der Waals surface area contributed by atoms with Gasteiger partial charge in [-0.1, -0.05) is 0 Å². The molecule has 86 valence electrons. The molecule has 2 heterocycles. The highest BCUT2D eigenvalue weighted by Gasteiger charge is 2.37. The Morgan fingerprint density at radius 1 is 1.50 bits per heavy atom. The molecule has 1 aliphatic heterocycles. The van der Waals surface area contributed by atoms with Crippen LogP contribution in [0.2, 0.25) is 0 Å². The normalized spacial score (nSPS) is 15.7. The summed E-state index contributed by atoms with van der Waals surface area (Å²) >= 11 is 0. The number of rotatable bonds is 1. The lowest BCUT2D eigenvalue weighted by Crippen LogP contribution is -2.44. The van der Waals surface area contributed by atoms with Gasteiger partial charge in [-0.05, 0) is 12.1 Å². The maximum absolute atomic E-state index is 12.3. The Labute approximate surface area is 88.6 Å². The van der Waals surface area contributed by atoms with E-state index in [4.69, 9.17) is 4.74 Å². The summed E-state index contributed by atoms with van der Waals surface area (Å²) in [5.74, 6) is -0.677. The topological polar surface area (TPSA) is 42.4 Å². The summed E-state index contributed by atoms with van der Waals surface area (Å²) in [5.41, 5.74) is 0.0519. The molecule has 1 aliphatic rings. The van der Waals surface area contributed by atoms with Crippen molar-refractivity contribution in [1.82, 2.24) is 4.98 Å². The number of amides is 1. The van der Waals surface area contributed by atoms with Crippen molar-refractivity contribution < 1.29 is 22.7 Å². The van der Waals surface area contributed by atoms with Crippen molar-refractivity contribution in [3.05, 3.63) is 18.3 Å². The number of pyridine rings is 1. The number of alkyl halides is 3. The Morgan fingerprint density at radius 2 is 2.25 bits per heavy atom. The molecule has 0 N–H and O–H groups in total. The molecule has 0 fully saturated rings. The second kappa shape index (κ2) is 3.66. The lowest BCUT2D eigenvalue weighted by Gasteiger charge is -2.28. The van der Waals surface area contributed by atoms with E-state index >= 15 is 0 Å². The summed E-state index contributed by atoms with van der Waals surface area (Å²) in [4.78, 5) is 15.7. The van der Waals surface area contributed by atoms with Crippen LogP contribution in [0.3, 0.4) is 0 Å². The van der Waals surface area contributed by atoms with Gasteiger partial charge >= 0.3 is 6.18 Å². The lowest BCUT2D eigenvalue weighted by molar-refractivity contribution is -0.134. The van der Waals surface area contributed by atoms with Crippen molar-refractivity contribution in [3.8, 4) is 5.88 Å². The molecule has 0 spiro atoms. The molecule has 1 amide bonds. The minimum Gasteiger partial charge on any atom is -0.466 e. The summed E-state index contributed by atoms with van der Waals surface area (Å²) in [6.07, 6.45) is -3.06. The predicted octanol–water partition coefficient (Wildman–Crippen LogP) is 1.37. The SMILES string of the molecule is O=C1COc2ncccc2N1CC(F)(F)F. The molecule has 0 bridgehead atoms. The van der Waals surface area contributed by atoms with Crippen LogP contribution in [0.15, 0.2) is 18.3 Å². The maximum Gasteiger partial charge on any atom is 0.406 e. The van der Waals surface area contributed by atoms with Gasteiger partial charge in [0.15, 0.2) is 6.61 Å². The molecule has 0 saturated carbocycles. The number of anilines is 1. The number of hydrogen-bond donors (Lipinski definition) is 0. The fraction of sp³-hybridized carbons (Fsp3) is 0.333. The van der Waals surface area contributed by atoms with E-state index in [2.05, 4.69) is 4.98 Å². The Morgan fingerprint density at radius 3 is 2.94 bits per heavy atom. The Bertz CT molecular complexity index is 419. The molecule has 0 aliphatic carbocycles. The van der Waals surface area contributed by atoms with Gasteiger partial charge < -0.3 is 4.74 Å². The first-order chi connectivity index (χ1) is 7.47. The summed E-state index contributed by atoms with van der Waals surface area (Å²) in [6.45, 7) is -1.74. The van der Waals surface area contributed by atoms with E-state index in [1.54, 1.807) is 0 Å². The molecule has 16 heavy (non-hydrogen) atoms. The van der Waals surface area contributed by atoms with Gasteiger partial charge in [-0.3, -0.25) is 9.69 Å². The van der Waals surface area contributed by atoms with Crippen molar-refractivity contribution in [2.24, 2.45) is 0 Å². The van der Waals surface area contributed by atoms with Crippen LogP contribution in [0.1, 0.15) is 0 Å². The number of carbonyl (C=O) groups excluding carboxylic acids is 1. The second-order valence-electron chi connectivity index (χ2n) is 3.21. The van der Waals surface area contributed by atoms with Crippen LogP contribution in [-0.2, 0) is 4.79 Å². The number of fused-ring (bicyclic) bond motifs is 1. The first-order valence-corrected chi connectivity index (χ1v) is 4.42. The van der Waals surface area contributed by atoms with E-state index in [0.717, 1.165) is 0 Å². The minimum atomic E-state index is -4.44. The van der Waals surface area contributed by atoms with Crippen molar-refractivity contribution >= 4 is 11.6 Å². The molecule has 1 aromatic rings. The molecule has 4 nitrogen and oxygen atoms in total. The molecule has 2 rings (SSSR count). The molecule has 0 unspecified atom stereocenters. The zero-order valence-electron chi connectivity index (χ0n) is 7.99.